The first-order chi connectivity index (χ1) is 10.1. The lowest BCUT2D eigenvalue weighted by Crippen LogP contribution is -2.11. The predicted molar refractivity (Wildman–Crippen MR) is 86.0 cm³/mol. The highest BCUT2D eigenvalue weighted by molar-refractivity contribution is 7.91. The highest BCUT2D eigenvalue weighted by Crippen LogP contribution is 2.32. The van der Waals surface area contributed by atoms with Crippen molar-refractivity contribution in [3.63, 3.8) is 0 Å². The molecule has 3 aromatic rings. The van der Waals surface area contributed by atoms with Crippen LogP contribution in [-0.4, -0.2) is 8.42 Å². The van der Waals surface area contributed by atoms with E-state index in [2.05, 4.69) is 0 Å². The summed E-state index contributed by atoms with van der Waals surface area (Å²) >= 11 is 0. The molecule has 21 heavy (non-hydrogen) atoms. The van der Waals surface area contributed by atoms with Crippen LogP contribution in [0.25, 0.3) is 10.8 Å². The SMILES string of the molecule is CC(c1cccc2ccccc12)S(=O)(=O)c1ccccc1. The van der Waals surface area contributed by atoms with E-state index in [1.807, 2.05) is 48.5 Å². The lowest BCUT2D eigenvalue weighted by molar-refractivity contribution is 0.586. The molecule has 0 aliphatic rings. The van der Waals surface area contributed by atoms with Crippen molar-refractivity contribution in [2.75, 3.05) is 0 Å². The summed E-state index contributed by atoms with van der Waals surface area (Å²) in [6, 6.07) is 22.3. The molecule has 0 fully saturated rings. The van der Waals surface area contributed by atoms with Gasteiger partial charge in [0.1, 0.15) is 0 Å². The van der Waals surface area contributed by atoms with Crippen molar-refractivity contribution in [1.29, 1.82) is 0 Å². The van der Waals surface area contributed by atoms with Crippen molar-refractivity contribution in [1.82, 2.24) is 0 Å². The second-order valence-corrected chi connectivity index (χ2v) is 7.34. The Morgan fingerprint density at radius 2 is 1.38 bits per heavy atom. The molecule has 0 heterocycles. The van der Waals surface area contributed by atoms with Crippen molar-refractivity contribution in [3.05, 3.63) is 78.4 Å². The molecule has 1 unspecified atom stereocenters. The zero-order valence-corrected chi connectivity index (χ0v) is 12.5. The number of hydrogen-bond acceptors (Lipinski definition) is 2. The third kappa shape index (κ3) is 2.45. The summed E-state index contributed by atoms with van der Waals surface area (Å²) in [5.41, 5.74) is 0.844. The molecular formula is C18H16O2S. The molecule has 1 atom stereocenters. The summed E-state index contributed by atoms with van der Waals surface area (Å²) in [7, 11) is -3.38. The van der Waals surface area contributed by atoms with E-state index < -0.39 is 15.1 Å². The predicted octanol–water partition coefficient (Wildman–Crippen LogP) is 4.37. The van der Waals surface area contributed by atoms with Gasteiger partial charge in [-0.2, -0.15) is 0 Å². The summed E-state index contributed by atoms with van der Waals surface area (Å²) in [6.45, 7) is 1.75. The van der Waals surface area contributed by atoms with E-state index in [1.54, 1.807) is 31.2 Å². The van der Waals surface area contributed by atoms with Gasteiger partial charge in [0.05, 0.1) is 10.1 Å². The van der Waals surface area contributed by atoms with Crippen molar-refractivity contribution in [3.8, 4) is 0 Å². The van der Waals surface area contributed by atoms with Crippen molar-refractivity contribution >= 4 is 20.6 Å². The number of rotatable bonds is 3. The van der Waals surface area contributed by atoms with Crippen molar-refractivity contribution < 1.29 is 8.42 Å². The maximum atomic E-state index is 12.8. The Bertz CT molecular complexity index is 863. The highest BCUT2D eigenvalue weighted by atomic mass is 32.2. The first-order valence-electron chi connectivity index (χ1n) is 6.87. The van der Waals surface area contributed by atoms with Gasteiger partial charge in [0.25, 0.3) is 0 Å². The fourth-order valence-corrected chi connectivity index (χ4v) is 4.07. The third-order valence-corrected chi connectivity index (χ3v) is 5.91. The minimum Gasteiger partial charge on any atom is -0.223 e. The quantitative estimate of drug-likeness (QED) is 0.719. The van der Waals surface area contributed by atoms with Gasteiger partial charge in [0.15, 0.2) is 9.84 Å². The molecule has 0 N–H and O–H groups in total. The molecule has 0 amide bonds. The van der Waals surface area contributed by atoms with Crippen LogP contribution in [0.4, 0.5) is 0 Å². The smallest absolute Gasteiger partial charge is 0.185 e. The molecule has 3 heteroatoms. The maximum absolute atomic E-state index is 12.8. The van der Waals surface area contributed by atoms with Crippen LogP contribution in [0, 0.1) is 0 Å². The summed E-state index contributed by atoms with van der Waals surface area (Å²) in [4.78, 5) is 0.366. The normalized spacial score (nSPS) is 13.2. The van der Waals surface area contributed by atoms with E-state index in [0.29, 0.717) is 4.90 Å². The van der Waals surface area contributed by atoms with Gasteiger partial charge in [-0.3, -0.25) is 0 Å². The van der Waals surface area contributed by atoms with E-state index in [-0.39, 0.29) is 0 Å². The highest BCUT2D eigenvalue weighted by Gasteiger charge is 2.25. The van der Waals surface area contributed by atoms with E-state index in [9.17, 15) is 8.42 Å². The minimum absolute atomic E-state index is 0.366. The Hall–Kier alpha value is -2.13. The number of benzene rings is 3. The van der Waals surface area contributed by atoms with Gasteiger partial charge in [-0.15, -0.1) is 0 Å². The van der Waals surface area contributed by atoms with Crippen LogP contribution < -0.4 is 0 Å². The Morgan fingerprint density at radius 1 is 0.762 bits per heavy atom. The second-order valence-electron chi connectivity index (χ2n) is 5.07. The Kier molecular flexibility index (Phi) is 3.52. The molecule has 2 nitrogen and oxygen atoms in total. The van der Waals surface area contributed by atoms with Crippen molar-refractivity contribution in [2.24, 2.45) is 0 Å². The van der Waals surface area contributed by atoms with E-state index >= 15 is 0 Å². The van der Waals surface area contributed by atoms with E-state index in [1.165, 1.54) is 0 Å². The van der Waals surface area contributed by atoms with Gasteiger partial charge in [0.2, 0.25) is 0 Å². The summed E-state index contributed by atoms with van der Waals surface area (Å²) in [6.07, 6.45) is 0. The van der Waals surface area contributed by atoms with Gasteiger partial charge in [-0.25, -0.2) is 8.42 Å². The average Bonchev–Trinajstić information content (AvgIpc) is 2.54. The fraction of sp³-hybridized carbons (Fsp3) is 0.111. The minimum atomic E-state index is -3.38. The number of sulfone groups is 1. The molecule has 0 bridgehead atoms. The lowest BCUT2D eigenvalue weighted by atomic mass is 10.0. The van der Waals surface area contributed by atoms with Crippen LogP contribution in [0.3, 0.4) is 0 Å². The number of hydrogen-bond donors (Lipinski definition) is 0. The van der Waals surface area contributed by atoms with Crippen molar-refractivity contribution in [2.45, 2.75) is 17.1 Å². The van der Waals surface area contributed by atoms with Crippen LogP contribution in [0.2, 0.25) is 0 Å². The third-order valence-electron chi connectivity index (χ3n) is 3.80. The lowest BCUT2D eigenvalue weighted by Gasteiger charge is -2.15. The standard InChI is InChI=1S/C18H16O2S/c1-14(21(19,20)16-10-3-2-4-11-16)17-13-7-9-15-8-5-6-12-18(15)17/h2-14H,1H3. The van der Waals surface area contributed by atoms with E-state index in [4.69, 9.17) is 0 Å². The molecule has 0 saturated carbocycles. The van der Waals surface area contributed by atoms with Gasteiger partial charge < -0.3 is 0 Å². The molecule has 0 aliphatic carbocycles. The molecule has 0 aliphatic heterocycles. The molecule has 0 aromatic heterocycles. The molecule has 0 saturated heterocycles. The van der Waals surface area contributed by atoms with Gasteiger partial charge in [0, 0.05) is 0 Å². The largest absolute Gasteiger partial charge is 0.223 e. The van der Waals surface area contributed by atoms with Gasteiger partial charge in [-0.05, 0) is 35.4 Å². The Balaban J connectivity index is 2.15. The summed E-state index contributed by atoms with van der Waals surface area (Å²) in [5, 5.41) is 1.48. The number of fused-ring (bicyclic) bond motifs is 1. The van der Waals surface area contributed by atoms with Crippen LogP contribution in [0.15, 0.2) is 77.7 Å². The van der Waals surface area contributed by atoms with Crippen LogP contribution in [-0.2, 0) is 9.84 Å². The van der Waals surface area contributed by atoms with Crippen LogP contribution >= 0.6 is 0 Å². The van der Waals surface area contributed by atoms with Gasteiger partial charge in [-0.1, -0.05) is 60.7 Å². The summed E-state index contributed by atoms with van der Waals surface area (Å²) < 4.78 is 25.6. The Labute approximate surface area is 125 Å². The molecule has 0 spiro atoms. The van der Waals surface area contributed by atoms with Crippen LogP contribution in [0.5, 0.6) is 0 Å². The zero-order valence-electron chi connectivity index (χ0n) is 11.7. The molecule has 106 valence electrons. The zero-order chi connectivity index (χ0) is 14.9. The molecule has 3 aromatic carbocycles. The molecular weight excluding hydrogens is 280 g/mol. The average molecular weight is 296 g/mol. The monoisotopic (exact) mass is 296 g/mol. The molecule has 3 rings (SSSR count). The first kappa shape index (κ1) is 13.8. The van der Waals surface area contributed by atoms with Gasteiger partial charge >= 0.3 is 0 Å². The molecule has 0 radical (unpaired) electrons. The Morgan fingerprint density at radius 3 is 2.14 bits per heavy atom. The first-order valence-corrected chi connectivity index (χ1v) is 8.42. The second kappa shape index (κ2) is 5.34. The van der Waals surface area contributed by atoms with E-state index in [0.717, 1.165) is 16.3 Å². The van der Waals surface area contributed by atoms with Crippen LogP contribution in [0.1, 0.15) is 17.7 Å². The fourth-order valence-electron chi connectivity index (χ4n) is 2.59. The topological polar surface area (TPSA) is 34.1 Å². The maximum Gasteiger partial charge on any atom is 0.185 e. The summed E-state index contributed by atoms with van der Waals surface area (Å²) in [5.74, 6) is 0.